The van der Waals surface area contributed by atoms with Crippen LogP contribution in [-0.4, -0.2) is 70.0 Å². The van der Waals surface area contributed by atoms with Crippen LogP contribution in [0.15, 0.2) is 97.1 Å². The number of hydrogen-bond donors (Lipinski definition) is 0. The van der Waals surface area contributed by atoms with E-state index in [1.807, 2.05) is 72.8 Å². The number of ketones is 3. The zero-order valence-electron chi connectivity index (χ0n) is 24.7. The van der Waals surface area contributed by atoms with E-state index in [0.717, 1.165) is 75.1 Å². The van der Waals surface area contributed by atoms with Crippen LogP contribution in [-0.2, 0) is 22.3 Å². The van der Waals surface area contributed by atoms with Crippen molar-refractivity contribution >= 4 is 28.7 Å². The summed E-state index contributed by atoms with van der Waals surface area (Å²) in [7, 11) is 0. The second kappa shape index (κ2) is 13.8. The standard InChI is InChI=1S/C37H36N2O5/c40-35(29-9-13-33(14-10-29)38-17-21-43-22-18-38)25-27-1-5-31(6-2-27)37(42)32-7-3-28(4-8-32)26-36(41)30-11-15-34(16-12-30)39-19-23-44-24-20-39/h1-16H,17-26H2. The fourth-order valence-electron chi connectivity index (χ4n) is 5.65. The number of benzene rings is 4. The topological polar surface area (TPSA) is 76.2 Å². The van der Waals surface area contributed by atoms with Gasteiger partial charge in [0.05, 0.1) is 26.4 Å². The molecule has 4 aromatic carbocycles. The van der Waals surface area contributed by atoms with Crippen LogP contribution in [0.4, 0.5) is 11.4 Å². The van der Waals surface area contributed by atoms with E-state index in [4.69, 9.17) is 9.47 Å². The van der Waals surface area contributed by atoms with E-state index in [1.54, 1.807) is 24.3 Å². The summed E-state index contributed by atoms with van der Waals surface area (Å²) in [6.07, 6.45) is 0.536. The molecule has 6 rings (SSSR count). The monoisotopic (exact) mass is 588 g/mol. The summed E-state index contributed by atoms with van der Waals surface area (Å²) in [5.41, 5.74) is 6.37. The van der Waals surface area contributed by atoms with Gasteiger partial charge >= 0.3 is 0 Å². The van der Waals surface area contributed by atoms with Gasteiger partial charge in [0.2, 0.25) is 0 Å². The quantitative estimate of drug-likeness (QED) is 0.228. The molecular formula is C37H36N2O5. The molecule has 4 aromatic rings. The smallest absolute Gasteiger partial charge is 0.193 e. The Morgan fingerprint density at radius 2 is 0.773 bits per heavy atom. The number of rotatable bonds is 10. The Balaban J connectivity index is 1.02. The molecule has 2 aliphatic rings. The first-order valence-electron chi connectivity index (χ1n) is 15.2. The second-order valence-corrected chi connectivity index (χ2v) is 11.2. The van der Waals surface area contributed by atoms with Crippen LogP contribution in [0.5, 0.6) is 0 Å². The third-order valence-electron chi connectivity index (χ3n) is 8.29. The maximum Gasteiger partial charge on any atom is 0.193 e. The van der Waals surface area contributed by atoms with E-state index < -0.39 is 0 Å². The fourth-order valence-corrected chi connectivity index (χ4v) is 5.65. The van der Waals surface area contributed by atoms with E-state index in [-0.39, 0.29) is 30.2 Å². The van der Waals surface area contributed by atoms with Crippen LogP contribution >= 0.6 is 0 Å². The van der Waals surface area contributed by atoms with Crippen molar-refractivity contribution in [2.24, 2.45) is 0 Å². The lowest BCUT2D eigenvalue weighted by Gasteiger charge is -2.28. The number of hydrogen-bond acceptors (Lipinski definition) is 7. The highest BCUT2D eigenvalue weighted by Gasteiger charge is 2.16. The van der Waals surface area contributed by atoms with E-state index >= 15 is 0 Å². The van der Waals surface area contributed by atoms with Crippen LogP contribution in [0.25, 0.3) is 0 Å². The molecule has 0 amide bonds. The molecule has 0 aliphatic carbocycles. The largest absolute Gasteiger partial charge is 0.378 e. The summed E-state index contributed by atoms with van der Waals surface area (Å²) in [6.45, 7) is 6.30. The number of Topliss-reactive ketones (excluding diaryl/α,β-unsaturated/α-hetero) is 2. The van der Waals surface area contributed by atoms with Crippen LogP contribution < -0.4 is 9.80 Å². The summed E-state index contributed by atoms with van der Waals surface area (Å²) in [5, 5.41) is 0. The van der Waals surface area contributed by atoms with Crippen LogP contribution in [0.1, 0.15) is 47.8 Å². The van der Waals surface area contributed by atoms with E-state index in [9.17, 15) is 14.4 Å². The molecule has 0 N–H and O–H groups in total. The average molecular weight is 589 g/mol. The second-order valence-electron chi connectivity index (χ2n) is 11.2. The van der Waals surface area contributed by atoms with Crippen LogP contribution in [0, 0.1) is 0 Å². The molecule has 0 aromatic heterocycles. The molecule has 0 radical (unpaired) electrons. The first kappa shape index (κ1) is 29.5. The number of carbonyl (C=O) groups excluding carboxylic acids is 3. The van der Waals surface area contributed by atoms with Crippen LogP contribution in [0.3, 0.4) is 0 Å². The molecule has 2 aliphatic heterocycles. The lowest BCUT2D eigenvalue weighted by atomic mass is 9.97. The van der Waals surface area contributed by atoms with Gasteiger partial charge < -0.3 is 19.3 Å². The van der Waals surface area contributed by atoms with Crippen molar-refractivity contribution in [3.8, 4) is 0 Å². The highest BCUT2D eigenvalue weighted by Crippen LogP contribution is 2.20. The third kappa shape index (κ3) is 7.13. The van der Waals surface area contributed by atoms with Crippen molar-refractivity contribution in [1.29, 1.82) is 0 Å². The molecule has 0 bridgehead atoms. The molecule has 2 saturated heterocycles. The highest BCUT2D eigenvalue weighted by atomic mass is 16.5. The molecule has 0 saturated carbocycles. The molecule has 7 nitrogen and oxygen atoms in total. The first-order valence-corrected chi connectivity index (χ1v) is 15.2. The Hall–Kier alpha value is -4.59. The summed E-state index contributed by atoms with van der Waals surface area (Å²) in [6, 6.07) is 29.9. The predicted molar refractivity (Wildman–Crippen MR) is 171 cm³/mol. The summed E-state index contributed by atoms with van der Waals surface area (Å²) in [5.74, 6) is -0.0234. The van der Waals surface area contributed by atoms with Gasteiger partial charge in [-0.05, 0) is 59.7 Å². The van der Waals surface area contributed by atoms with Crippen molar-refractivity contribution in [3.05, 3.63) is 130 Å². The van der Waals surface area contributed by atoms with Crippen molar-refractivity contribution < 1.29 is 23.9 Å². The first-order chi connectivity index (χ1) is 21.5. The number of ether oxygens (including phenoxy) is 2. The zero-order valence-corrected chi connectivity index (χ0v) is 24.7. The fraction of sp³-hybridized carbons (Fsp3) is 0.270. The van der Waals surface area contributed by atoms with E-state index in [1.165, 1.54) is 0 Å². The molecule has 44 heavy (non-hydrogen) atoms. The maximum absolute atomic E-state index is 13.1. The predicted octanol–water partition coefficient (Wildman–Crippen LogP) is 5.44. The SMILES string of the molecule is O=C(Cc1ccc(C(=O)c2ccc(CC(=O)c3ccc(N4CCOCC4)cc3)cc2)cc1)c1ccc(N2CCOCC2)cc1. The van der Waals surface area contributed by atoms with Crippen LogP contribution in [0.2, 0.25) is 0 Å². The van der Waals surface area contributed by atoms with Gasteiger partial charge in [-0.15, -0.1) is 0 Å². The summed E-state index contributed by atoms with van der Waals surface area (Å²) < 4.78 is 10.8. The minimum absolute atomic E-state index is 0.0378. The molecule has 2 fully saturated rings. The molecule has 7 heteroatoms. The van der Waals surface area contributed by atoms with Gasteiger partial charge in [-0.2, -0.15) is 0 Å². The lowest BCUT2D eigenvalue weighted by Crippen LogP contribution is -2.36. The molecule has 0 atom stereocenters. The summed E-state index contributed by atoms with van der Waals surface area (Å²) in [4.78, 5) is 43.4. The van der Waals surface area contributed by atoms with Crippen molar-refractivity contribution in [1.82, 2.24) is 0 Å². The Bertz CT molecular complexity index is 1460. The third-order valence-corrected chi connectivity index (χ3v) is 8.29. The minimum atomic E-state index is -0.0989. The maximum atomic E-state index is 13.1. The van der Waals surface area contributed by atoms with E-state index in [0.29, 0.717) is 22.3 Å². The molecule has 2 heterocycles. The highest BCUT2D eigenvalue weighted by molar-refractivity contribution is 6.09. The number of nitrogens with zero attached hydrogens (tertiary/aromatic N) is 2. The minimum Gasteiger partial charge on any atom is -0.378 e. The van der Waals surface area contributed by atoms with Crippen molar-refractivity contribution in [3.63, 3.8) is 0 Å². The van der Waals surface area contributed by atoms with Gasteiger partial charge in [0.25, 0.3) is 0 Å². The molecule has 0 spiro atoms. The molecule has 224 valence electrons. The van der Waals surface area contributed by atoms with Gasteiger partial charge in [-0.1, -0.05) is 48.5 Å². The van der Waals surface area contributed by atoms with Gasteiger partial charge in [-0.3, -0.25) is 14.4 Å². The Morgan fingerprint density at radius 3 is 1.11 bits per heavy atom. The molecule has 0 unspecified atom stereocenters. The number of carbonyl (C=O) groups is 3. The Kier molecular flexibility index (Phi) is 9.25. The number of anilines is 2. The van der Waals surface area contributed by atoms with E-state index in [2.05, 4.69) is 9.80 Å². The lowest BCUT2D eigenvalue weighted by molar-refractivity contribution is 0.0984. The summed E-state index contributed by atoms with van der Waals surface area (Å²) >= 11 is 0. The van der Waals surface area contributed by atoms with Gasteiger partial charge in [-0.25, -0.2) is 0 Å². The van der Waals surface area contributed by atoms with Crippen molar-refractivity contribution in [2.45, 2.75) is 12.8 Å². The van der Waals surface area contributed by atoms with Gasteiger partial charge in [0, 0.05) is 72.6 Å². The number of morpholine rings is 2. The normalized spacial score (nSPS) is 15.2. The zero-order chi connectivity index (χ0) is 30.3. The Morgan fingerprint density at radius 1 is 0.455 bits per heavy atom. The van der Waals surface area contributed by atoms with Gasteiger partial charge in [0.15, 0.2) is 17.3 Å². The molecular weight excluding hydrogens is 552 g/mol. The average Bonchev–Trinajstić information content (AvgIpc) is 3.09. The van der Waals surface area contributed by atoms with Gasteiger partial charge in [0.1, 0.15) is 0 Å². The Labute approximate surface area is 258 Å². The van der Waals surface area contributed by atoms with Crippen molar-refractivity contribution in [2.75, 3.05) is 62.4 Å².